The fraction of sp³-hybridized carbons (Fsp3) is 0.552. The van der Waals surface area contributed by atoms with Gasteiger partial charge in [0.05, 0.1) is 6.04 Å². The highest BCUT2D eigenvalue weighted by Crippen LogP contribution is 2.35. The van der Waals surface area contributed by atoms with Gasteiger partial charge in [-0.1, -0.05) is 68.0 Å². The van der Waals surface area contributed by atoms with Crippen LogP contribution in [0.1, 0.15) is 69.4 Å². The van der Waals surface area contributed by atoms with Crippen molar-refractivity contribution in [2.75, 3.05) is 33.7 Å². The van der Waals surface area contributed by atoms with Crippen LogP contribution in [-0.4, -0.2) is 49.4 Å². The molecule has 4 heteroatoms. The van der Waals surface area contributed by atoms with Crippen molar-refractivity contribution in [3.8, 4) is 0 Å². The first kappa shape index (κ1) is 25.3. The number of hydrogen-bond acceptors (Lipinski definition) is 3. The number of likely N-dealkylation sites (tertiary alicyclic amines) is 1. The number of piperidine rings is 1. The van der Waals surface area contributed by atoms with Crippen LogP contribution in [0, 0.1) is 5.92 Å². The largest absolute Gasteiger partial charge is 0.392 e. The summed E-state index contributed by atoms with van der Waals surface area (Å²) in [4.78, 5) is 17.6. The van der Waals surface area contributed by atoms with Crippen LogP contribution in [0.15, 0.2) is 66.4 Å². The first-order chi connectivity index (χ1) is 16.1. The van der Waals surface area contributed by atoms with Crippen molar-refractivity contribution >= 4 is 5.91 Å². The molecule has 0 saturated carbocycles. The summed E-state index contributed by atoms with van der Waals surface area (Å²) in [5, 5.41) is 3.11. The van der Waals surface area contributed by atoms with Crippen LogP contribution in [0.5, 0.6) is 0 Å². The van der Waals surface area contributed by atoms with E-state index in [9.17, 15) is 4.79 Å². The molecule has 1 N–H and O–H groups in total. The fourth-order valence-electron chi connectivity index (χ4n) is 5.08. The van der Waals surface area contributed by atoms with Gasteiger partial charge < -0.3 is 10.2 Å². The lowest BCUT2D eigenvalue weighted by Crippen LogP contribution is -2.43. The molecule has 1 saturated heterocycles. The monoisotopic (exact) mass is 449 g/mol. The minimum absolute atomic E-state index is 0.164. The molecule has 3 rings (SSSR count). The molecule has 1 aromatic rings. The van der Waals surface area contributed by atoms with E-state index in [0.29, 0.717) is 11.9 Å². The molecule has 0 radical (unpaired) electrons. The molecule has 0 bridgehead atoms. The minimum Gasteiger partial charge on any atom is -0.392 e. The summed E-state index contributed by atoms with van der Waals surface area (Å²) >= 11 is 0. The molecule has 1 amide bonds. The van der Waals surface area contributed by atoms with Crippen molar-refractivity contribution < 1.29 is 4.79 Å². The topological polar surface area (TPSA) is 35.6 Å². The number of rotatable bonds is 12. The van der Waals surface area contributed by atoms with Crippen LogP contribution in [0.4, 0.5) is 0 Å². The predicted molar refractivity (Wildman–Crippen MR) is 139 cm³/mol. The zero-order valence-corrected chi connectivity index (χ0v) is 20.8. The molecule has 1 unspecified atom stereocenters. The third kappa shape index (κ3) is 7.60. The molecule has 1 heterocycles. The molecule has 1 fully saturated rings. The zero-order valence-electron chi connectivity index (χ0n) is 20.8. The van der Waals surface area contributed by atoms with Crippen LogP contribution >= 0.6 is 0 Å². The lowest BCUT2D eigenvalue weighted by Gasteiger charge is -2.39. The van der Waals surface area contributed by atoms with Gasteiger partial charge in [-0.2, -0.15) is 0 Å². The fourth-order valence-corrected chi connectivity index (χ4v) is 5.08. The second kappa shape index (κ2) is 13.4. The highest BCUT2D eigenvalue weighted by atomic mass is 16.2. The van der Waals surface area contributed by atoms with E-state index < -0.39 is 0 Å². The molecule has 180 valence electrons. The van der Waals surface area contributed by atoms with Crippen molar-refractivity contribution in [2.24, 2.45) is 5.92 Å². The number of allylic oxidation sites excluding steroid dienone is 3. The number of nitrogens with one attached hydrogen (secondary N) is 1. The third-order valence-electron chi connectivity index (χ3n) is 7.15. The van der Waals surface area contributed by atoms with E-state index in [1.54, 1.807) is 0 Å². The summed E-state index contributed by atoms with van der Waals surface area (Å²) < 4.78 is 0. The van der Waals surface area contributed by atoms with Gasteiger partial charge in [0.15, 0.2) is 0 Å². The summed E-state index contributed by atoms with van der Waals surface area (Å²) in [6.07, 6.45) is 16.9. The lowest BCUT2D eigenvalue weighted by molar-refractivity contribution is -0.135. The summed E-state index contributed by atoms with van der Waals surface area (Å²) in [6, 6.07) is 11.2. The highest BCUT2D eigenvalue weighted by molar-refractivity contribution is 5.78. The number of benzene rings is 1. The molecule has 0 aromatic heterocycles. The first-order valence-corrected chi connectivity index (χ1v) is 12.9. The maximum atomic E-state index is 13.1. The zero-order chi connectivity index (χ0) is 23.5. The molecular weight excluding hydrogens is 406 g/mol. The van der Waals surface area contributed by atoms with Gasteiger partial charge >= 0.3 is 0 Å². The van der Waals surface area contributed by atoms with Crippen molar-refractivity contribution in [3.63, 3.8) is 0 Å². The van der Waals surface area contributed by atoms with Gasteiger partial charge in [-0.05, 0) is 69.2 Å². The summed E-state index contributed by atoms with van der Waals surface area (Å²) in [6.45, 7) is 6.80. The Labute approximate surface area is 201 Å². The Hall–Kier alpha value is -2.33. The van der Waals surface area contributed by atoms with Gasteiger partial charge in [-0.15, -0.1) is 0 Å². The standard InChI is InChI=1S/C29H43N3O/c1-24(30-2)14-8-4-5-13-21-31(3)29(33)27-19-22-32(23-20-27)28(25-15-9-6-10-16-25)26-17-11-7-12-18-26/h6,9-11,15-18,27-28,30H,1,4-5,7-8,12-14,19-23H2,2-3H3. The number of carbonyl (C=O) groups excluding carboxylic acids is 1. The Morgan fingerprint density at radius 3 is 2.52 bits per heavy atom. The van der Waals surface area contributed by atoms with Crippen LogP contribution < -0.4 is 5.32 Å². The average Bonchev–Trinajstić information content (AvgIpc) is 2.87. The number of amides is 1. The van der Waals surface area contributed by atoms with Crippen molar-refractivity contribution in [1.29, 1.82) is 0 Å². The third-order valence-corrected chi connectivity index (χ3v) is 7.15. The number of carbonyl (C=O) groups is 1. The van der Waals surface area contributed by atoms with Gasteiger partial charge in [0, 0.05) is 32.3 Å². The van der Waals surface area contributed by atoms with Gasteiger partial charge in [0.1, 0.15) is 0 Å². The SMILES string of the molecule is C=C(CCCCCCN(C)C(=O)C1CCN(C(C2=CCCC=C2)c2ccccc2)CC1)NC. The maximum absolute atomic E-state index is 13.1. The van der Waals surface area contributed by atoms with Crippen LogP contribution in [0.3, 0.4) is 0 Å². The van der Waals surface area contributed by atoms with Crippen LogP contribution in [-0.2, 0) is 4.79 Å². The summed E-state index contributed by atoms with van der Waals surface area (Å²) in [5.74, 6) is 0.503. The number of nitrogens with zero attached hydrogens (tertiary/aromatic N) is 2. The molecule has 33 heavy (non-hydrogen) atoms. The van der Waals surface area contributed by atoms with E-state index in [-0.39, 0.29) is 5.92 Å². The van der Waals surface area contributed by atoms with E-state index in [4.69, 9.17) is 0 Å². The summed E-state index contributed by atoms with van der Waals surface area (Å²) in [5.41, 5.74) is 3.88. The molecule has 0 spiro atoms. The first-order valence-electron chi connectivity index (χ1n) is 12.9. The van der Waals surface area contributed by atoms with Crippen LogP contribution in [0.25, 0.3) is 0 Å². The van der Waals surface area contributed by atoms with Gasteiger partial charge in [-0.25, -0.2) is 0 Å². The predicted octanol–water partition coefficient (Wildman–Crippen LogP) is 5.86. The van der Waals surface area contributed by atoms with Crippen molar-refractivity contribution in [1.82, 2.24) is 15.1 Å². The Bertz CT molecular complexity index is 805. The van der Waals surface area contributed by atoms with Crippen LogP contribution in [0.2, 0.25) is 0 Å². The summed E-state index contributed by atoms with van der Waals surface area (Å²) in [7, 11) is 3.92. The van der Waals surface area contributed by atoms with E-state index in [1.807, 2.05) is 19.0 Å². The van der Waals surface area contributed by atoms with E-state index in [1.165, 1.54) is 30.4 Å². The van der Waals surface area contributed by atoms with Gasteiger partial charge in [0.25, 0.3) is 0 Å². The second-order valence-corrected chi connectivity index (χ2v) is 9.58. The van der Waals surface area contributed by atoms with E-state index in [0.717, 1.165) is 63.9 Å². The molecule has 2 aliphatic rings. The lowest BCUT2D eigenvalue weighted by atomic mass is 9.89. The second-order valence-electron chi connectivity index (χ2n) is 9.58. The van der Waals surface area contributed by atoms with E-state index >= 15 is 0 Å². The molecule has 1 aliphatic carbocycles. The van der Waals surface area contributed by atoms with Gasteiger partial charge in [0.2, 0.25) is 5.91 Å². The van der Waals surface area contributed by atoms with Gasteiger partial charge in [-0.3, -0.25) is 9.69 Å². The number of unbranched alkanes of at least 4 members (excludes halogenated alkanes) is 3. The minimum atomic E-state index is 0.164. The quantitative estimate of drug-likeness (QED) is 0.406. The Kier molecular flexibility index (Phi) is 10.3. The smallest absolute Gasteiger partial charge is 0.225 e. The Morgan fingerprint density at radius 1 is 1.12 bits per heavy atom. The Morgan fingerprint density at radius 2 is 1.85 bits per heavy atom. The van der Waals surface area contributed by atoms with E-state index in [2.05, 4.69) is 65.4 Å². The maximum Gasteiger partial charge on any atom is 0.225 e. The highest BCUT2D eigenvalue weighted by Gasteiger charge is 2.31. The molecule has 1 aliphatic heterocycles. The molecule has 4 nitrogen and oxygen atoms in total. The molecular formula is C29H43N3O. The average molecular weight is 450 g/mol. The van der Waals surface area contributed by atoms with Crippen molar-refractivity contribution in [3.05, 3.63) is 72.0 Å². The molecule has 1 aromatic carbocycles. The molecule has 1 atom stereocenters. The Balaban J connectivity index is 1.46. The number of hydrogen-bond donors (Lipinski definition) is 1. The van der Waals surface area contributed by atoms with Crippen molar-refractivity contribution in [2.45, 2.75) is 63.8 Å². The normalized spacial score (nSPS) is 17.9.